The van der Waals surface area contributed by atoms with Crippen molar-refractivity contribution in [2.45, 2.75) is 87.5 Å². The summed E-state index contributed by atoms with van der Waals surface area (Å²) in [6.07, 6.45) is 5.34. The molecule has 3 unspecified atom stereocenters. The third kappa shape index (κ3) is 6.69. The van der Waals surface area contributed by atoms with Crippen molar-refractivity contribution in [3.63, 3.8) is 0 Å². The van der Waals surface area contributed by atoms with Crippen molar-refractivity contribution < 1.29 is 14.3 Å². The molecule has 31 heavy (non-hydrogen) atoms. The average Bonchev–Trinajstić information content (AvgIpc) is 2.95. The molecule has 2 fully saturated rings. The summed E-state index contributed by atoms with van der Waals surface area (Å²) in [5, 5.41) is 0. The Morgan fingerprint density at radius 1 is 0.806 bits per heavy atom. The van der Waals surface area contributed by atoms with Crippen LogP contribution in [0.2, 0.25) is 0 Å². The van der Waals surface area contributed by atoms with Crippen molar-refractivity contribution in [3.05, 3.63) is 0 Å². The monoisotopic (exact) mass is 436 g/mol. The first-order chi connectivity index (χ1) is 14.3. The fourth-order valence-electron chi connectivity index (χ4n) is 5.85. The van der Waals surface area contributed by atoms with E-state index in [1.807, 2.05) is 4.90 Å². The molecule has 3 atom stereocenters. The fraction of sp³-hybridized carbons (Fsp3) is 0.923. The maximum atomic E-state index is 14.0. The molecule has 2 heterocycles. The van der Waals surface area contributed by atoms with Gasteiger partial charge in [-0.05, 0) is 36.0 Å². The van der Waals surface area contributed by atoms with Crippen LogP contribution in [0.25, 0.3) is 0 Å². The van der Waals surface area contributed by atoms with Gasteiger partial charge in [-0.1, -0.05) is 68.2 Å². The first-order valence-corrected chi connectivity index (χ1v) is 12.4. The van der Waals surface area contributed by atoms with E-state index in [4.69, 9.17) is 4.74 Å². The lowest BCUT2D eigenvalue weighted by atomic mass is 9.58. The van der Waals surface area contributed by atoms with Crippen LogP contribution < -0.4 is 0 Å². The SMILES string of the molecule is CC(C(C(=O)N1CCCCCC1)C(C)(C)C)C(C)(CC(C)(C)C)C(=O)N1CCOCC1. The quantitative estimate of drug-likeness (QED) is 0.610. The minimum Gasteiger partial charge on any atom is -0.378 e. The highest BCUT2D eigenvalue weighted by Crippen LogP contribution is 2.49. The number of carbonyl (C=O) groups excluding carboxylic acids is 2. The van der Waals surface area contributed by atoms with Crippen LogP contribution >= 0.6 is 0 Å². The molecule has 2 amide bonds. The molecule has 0 aliphatic carbocycles. The third-order valence-corrected chi connectivity index (χ3v) is 7.31. The Labute approximate surface area is 191 Å². The average molecular weight is 437 g/mol. The van der Waals surface area contributed by atoms with Gasteiger partial charge < -0.3 is 14.5 Å². The van der Waals surface area contributed by atoms with E-state index < -0.39 is 5.41 Å². The van der Waals surface area contributed by atoms with E-state index in [-0.39, 0.29) is 34.5 Å². The zero-order chi connectivity index (χ0) is 23.4. The summed E-state index contributed by atoms with van der Waals surface area (Å²) < 4.78 is 5.50. The van der Waals surface area contributed by atoms with E-state index in [0.29, 0.717) is 26.3 Å². The predicted octanol–water partition coefficient (Wildman–Crippen LogP) is 4.99. The van der Waals surface area contributed by atoms with Crippen LogP contribution in [0.1, 0.15) is 87.5 Å². The zero-order valence-corrected chi connectivity index (χ0v) is 21.6. The highest BCUT2D eigenvalue weighted by molar-refractivity contribution is 5.85. The second kappa shape index (κ2) is 10.2. The van der Waals surface area contributed by atoms with Crippen LogP contribution in [-0.2, 0) is 14.3 Å². The standard InChI is InChI=1S/C26H48N2O3/c1-20(21(25(5,6)7)22(29)27-13-11-9-10-12-14-27)26(8,19-24(2,3)4)23(30)28-15-17-31-18-16-28/h20-21H,9-19H2,1-8H3. The summed E-state index contributed by atoms with van der Waals surface area (Å²) in [7, 11) is 0. The van der Waals surface area contributed by atoms with Gasteiger partial charge in [0.1, 0.15) is 0 Å². The maximum absolute atomic E-state index is 14.0. The van der Waals surface area contributed by atoms with Crippen molar-refractivity contribution >= 4 is 11.8 Å². The Bertz CT molecular complexity index is 605. The van der Waals surface area contributed by atoms with E-state index in [1.165, 1.54) is 12.8 Å². The molecule has 0 aromatic rings. The third-order valence-electron chi connectivity index (χ3n) is 7.31. The number of hydrogen-bond acceptors (Lipinski definition) is 3. The lowest BCUT2D eigenvalue weighted by Gasteiger charge is -2.48. The largest absolute Gasteiger partial charge is 0.378 e. The van der Waals surface area contributed by atoms with Crippen LogP contribution in [0.5, 0.6) is 0 Å². The lowest BCUT2D eigenvalue weighted by Crippen LogP contribution is -2.55. The van der Waals surface area contributed by atoms with E-state index in [0.717, 1.165) is 32.4 Å². The first-order valence-electron chi connectivity index (χ1n) is 12.4. The second-order valence-electron chi connectivity index (χ2n) is 12.4. The number of likely N-dealkylation sites (tertiary alicyclic amines) is 1. The molecule has 2 saturated heterocycles. The smallest absolute Gasteiger partial charge is 0.228 e. The van der Waals surface area contributed by atoms with Crippen LogP contribution in [0.15, 0.2) is 0 Å². The maximum Gasteiger partial charge on any atom is 0.228 e. The summed E-state index contributed by atoms with van der Waals surface area (Å²) in [5.41, 5.74) is -0.832. The normalized spacial score (nSPS) is 23.0. The molecule has 0 aromatic heterocycles. The van der Waals surface area contributed by atoms with Gasteiger partial charge in [-0.25, -0.2) is 0 Å². The zero-order valence-electron chi connectivity index (χ0n) is 21.6. The topological polar surface area (TPSA) is 49.9 Å². The van der Waals surface area contributed by atoms with Gasteiger partial charge in [0.2, 0.25) is 11.8 Å². The molecule has 0 bridgehead atoms. The Morgan fingerprint density at radius 2 is 1.32 bits per heavy atom. The molecule has 0 spiro atoms. The molecular weight excluding hydrogens is 388 g/mol. The van der Waals surface area contributed by atoms with Gasteiger partial charge in [0.15, 0.2) is 0 Å². The highest BCUT2D eigenvalue weighted by atomic mass is 16.5. The number of morpholine rings is 1. The molecule has 2 rings (SSSR count). The molecule has 0 N–H and O–H groups in total. The summed E-state index contributed by atoms with van der Waals surface area (Å²) in [6.45, 7) is 21.6. The van der Waals surface area contributed by atoms with Gasteiger partial charge in [-0.3, -0.25) is 9.59 Å². The molecule has 0 radical (unpaired) electrons. The number of amides is 2. The van der Waals surface area contributed by atoms with Gasteiger partial charge in [-0.2, -0.15) is 0 Å². The van der Waals surface area contributed by atoms with Crippen LogP contribution in [0.4, 0.5) is 0 Å². The molecule has 2 aliphatic rings. The minimum absolute atomic E-state index is 0.0148. The summed E-state index contributed by atoms with van der Waals surface area (Å²) in [6, 6.07) is 0. The summed E-state index contributed by atoms with van der Waals surface area (Å²) in [5.74, 6) is 0.189. The van der Waals surface area contributed by atoms with Crippen molar-refractivity contribution in [2.75, 3.05) is 39.4 Å². The number of rotatable bonds is 5. The Hall–Kier alpha value is -1.10. The summed E-state index contributed by atoms with van der Waals surface area (Å²) in [4.78, 5) is 32.0. The predicted molar refractivity (Wildman–Crippen MR) is 127 cm³/mol. The van der Waals surface area contributed by atoms with E-state index in [9.17, 15) is 9.59 Å². The molecule has 5 heteroatoms. The Balaban J connectivity index is 2.42. The second-order valence-corrected chi connectivity index (χ2v) is 12.4. The van der Waals surface area contributed by atoms with Gasteiger partial charge in [-0.15, -0.1) is 0 Å². The molecule has 2 aliphatic heterocycles. The molecule has 0 saturated carbocycles. The Kier molecular flexibility index (Phi) is 8.63. The number of ether oxygens (including phenoxy) is 1. The lowest BCUT2D eigenvalue weighted by molar-refractivity contribution is -0.158. The number of hydrogen-bond donors (Lipinski definition) is 0. The van der Waals surface area contributed by atoms with Crippen molar-refractivity contribution in [1.82, 2.24) is 9.80 Å². The van der Waals surface area contributed by atoms with Crippen LogP contribution in [0, 0.1) is 28.1 Å². The fourth-order valence-corrected chi connectivity index (χ4v) is 5.85. The van der Waals surface area contributed by atoms with Crippen LogP contribution in [0.3, 0.4) is 0 Å². The van der Waals surface area contributed by atoms with Crippen molar-refractivity contribution in [1.29, 1.82) is 0 Å². The minimum atomic E-state index is -0.602. The van der Waals surface area contributed by atoms with Gasteiger partial charge in [0, 0.05) is 32.1 Å². The van der Waals surface area contributed by atoms with E-state index in [2.05, 4.69) is 60.3 Å². The first kappa shape index (κ1) is 26.2. The molecule has 0 aromatic carbocycles. The van der Waals surface area contributed by atoms with Gasteiger partial charge in [0.05, 0.1) is 18.6 Å². The molecular formula is C26H48N2O3. The van der Waals surface area contributed by atoms with E-state index in [1.54, 1.807) is 0 Å². The highest BCUT2D eigenvalue weighted by Gasteiger charge is 2.51. The Morgan fingerprint density at radius 3 is 1.77 bits per heavy atom. The molecule has 5 nitrogen and oxygen atoms in total. The van der Waals surface area contributed by atoms with Gasteiger partial charge >= 0.3 is 0 Å². The van der Waals surface area contributed by atoms with Crippen molar-refractivity contribution in [2.24, 2.45) is 28.1 Å². The van der Waals surface area contributed by atoms with Crippen molar-refractivity contribution in [3.8, 4) is 0 Å². The number of carbonyl (C=O) groups is 2. The van der Waals surface area contributed by atoms with Gasteiger partial charge in [0.25, 0.3) is 0 Å². The van der Waals surface area contributed by atoms with Crippen LogP contribution in [-0.4, -0.2) is 61.0 Å². The molecule has 180 valence electrons. The van der Waals surface area contributed by atoms with E-state index >= 15 is 0 Å². The number of nitrogens with zero attached hydrogens (tertiary/aromatic N) is 2. The summed E-state index contributed by atoms with van der Waals surface area (Å²) >= 11 is 0.